The fourth-order valence-corrected chi connectivity index (χ4v) is 5.91. The number of carbonyl (C=O) groups is 3. The number of ketones is 1. The van der Waals surface area contributed by atoms with Gasteiger partial charge in [-0.1, -0.05) is 41.4 Å². The molecule has 196 valence electrons. The van der Waals surface area contributed by atoms with Crippen LogP contribution < -0.4 is 35.3 Å². The molecule has 0 saturated carbocycles. The number of benzene rings is 2. The van der Waals surface area contributed by atoms with Crippen LogP contribution in [0.4, 0.5) is 5.69 Å². The van der Waals surface area contributed by atoms with Gasteiger partial charge < -0.3 is 17.2 Å². The molecule has 0 bridgehead atoms. The van der Waals surface area contributed by atoms with Crippen LogP contribution in [0, 0.1) is 0 Å². The molecular weight excluding hydrogens is 651 g/mol. The van der Waals surface area contributed by atoms with Gasteiger partial charge in [0.05, 0.1) is 0 Å². The van der Waals surface area contributed by atoms with Crippen LogP contribution >= 0.6 is 45.8 Å². The average molecular weight is 678 g/mol. The molecule has 7 nitrogen and oxygen atoms in total. The Morgan fingerprint density at radius 3 is 2.37 bits per heavy atom. The Morgan fingerprint density at radius 2 is 1.74 bits per heavy atom. The third-order valence-corrected chi connectivity index (χ3v) is 7.79. The third kappa shape index (κ3) is 6.66. The van der Waals surface area contributed by atoms with Crippen LogP contribution in [-0.2, 0) is 14.4 Å². The van der Waals surface area contributed by atoms with Crippen molar-refractivity contribution in [2.45, 2.75) is 44.3 Å². The molecule has 0 radical (unpaired) electrons. The molecule has 2 aromatic rings. The number of unbranched alkanes of at least 4 members (excludes halogenated alkanes) is 1. The molecule has 3 unspecified atom stereocenters. The monoisotopic (exact) mass is 677 g/mol. The molecule has 1 fully saturated rings. The second kappa shape index (κ2) is 13.3. The molecule has 3 N–H and O–H groups in total. The van der Waals surface area contributed by atoms with Crippen LogP contribution in [0.2, 0.25) is 10.0 Å². The Bertz CT molecular complexity index is 1310. The van der Waals surface area contributed by atoms with Crippen LogP contribution in [0.1, 0.15) is 50.8 Å². The molecule has 4 rings (SSSR count). The number of halogens is 3. The molecule has 11 heteroatoms. The third-order valence-electron chi connectivity index (χ3n) is 6.68. The molecule has 1 heterocycles. The van der Waals surface area contributed by atoms with Gasteiger partial charge in [-0.25, -0.2) is 0 Å². The minimum absolute atomic E-state index is 0. The molecule has 0 aromatic heterocycles. The molecule has 1 amide bonds. The number of allylic oxidation sites excluding steroid dienone is 2. The SMILES string of the molecule is CC(c1ccc(Cl)cc1N)N1C2C(=O)C=C(I)C=C2N(CCCCC(=O)O)C(=O)C1c1ccc(Cl)cc1.[H-].[Na+]. The first-order chi connectivity index (χ1) is 17.6. The van der Waals surface area contributed by atoms with Crippen molar-refractivity contribution in [2.75, 3.05) is 12.3 Å². The fraction of sp³-hybridized carbons (Fsp3) is 0.296. The van der Waals surface area contributed by atoms with E-state index in [2.05, 4.69) is 22.6 Å². The topological polar surface area (TPSA) is 104 Å². The number of nitrogens with two attached hydrogens (primary N) is 1. The first-order valence-corrected chi connectivity index (χ1v) is 13.7. The van der Waals surface area contributed by atoms with E-state index in [0.29, 0.717) is 46.4 Å². The van der Waals surface area contributed by atoms with Gasteiger partial charge in [0.25, 0.3) is 0 Å². The summed E-state index contributed by atoms with van der Waals surface area (Å²) in [7, 11) is 0. The van der Waals surface area contributed by atoms with Gasteiger partial charge in [0, 0.05) is 44.0 Å². The number of anilines is 1. The van der Waals surface area contributed by atoms with E-state index >= 15 is 0 Å². The number of hydrogen-bond donors (Lipinski definition) is 2. The zero-order valence-corrected chi connectivity index (χ0v) is 26.7. The van der Waals surface area contributed by atoms with Crippen molar-refractivity contribution in [3.63, 3.8) is 0 Å². The molecule has 3 atom stereocenters. The second-order valence-corrected chi connectivity index (χ2v) is 11.2. The molecule has 2 aliphatic rings. The molecular formula is C27H27Cl2IN3NaO4. The zero-order valence-electron chi connectivity index (χ0n) is 22.0. The number of rotatable bonds is 8. The fourth-order valence-electron chi connectivity index (χ4n) is 4.98. The first kappa shape index (κ1) is 31.1. The van der Waals surface area contributed by atoms with Crippen molar-refractivity contribution in [3.05, 3.63) is 85.1 Å². The number of carboxylic acids is 1. The number of carboxylic acid groups (broad SMARTS) is 1. The summed E-state index contributed by atoms with van der Waals surface area (Å²) < 4.78 is 0.723. The summed E-state index contributed by atoms with van der Waals surface area (Å²) in [6, 6.07) is 10.3. The van der Waals surface area contributed by atoms with Crippen LogP contribution in [-0.4, -0.2) is 45.2 Å². The van der Waals surface area contributed by atoms with Gasteiger partial charge in [-0.2, -0.15) is 0 Å². The Kier molecular flexibility index (Phi) is 10.9. The van der Waals surface area contributed by atoms with Crippen molar-refractivity contribution >= 4 is 69.1 Å². The average Bonchev–Trinajstić information content (AvgIpc) is 2.82. The van der Waals surface area contributed by atoms with Crippen LogP contribution in [0.15, 0.2) is 63.9 Å². The maximum atomic E-state index is 14.2. The minimum Gasteiger partial charge on any atom is -1.00 e. The predicted octanol–water partition coefficient (Wildman–Crippen LogP) is 3.05. The van der Waals surface area contributed by atoms with E-state index in [4.69, 9.17) is 34.0 Å². The van der Waals surface area contributed by atoms with E-state index in [0.717, 1.165) is 9.14 Å². The quantitative estimate of drug-likeness (QED) is 0.193. The summed E-state index contributed by atoms with van der Waals surface area (Å²) in [5, 5.41) is 10.1. The van der Waals surface area contributed by atoms with E-state index in [1.165, 1.54) is 0 Å². The van der Waals surface area contributed by atoms with Crippen molar-refractivity contribution in [2.24, 2.45) is 0 Å². The Balaban J connectivity index is 0.00000267. The van der Waals surface area contributed by atoms with Crippen molar-refractivity contribution in [1.82, 2.24) is 9.80 Å². The van der Waals surface area contributed by atoms with E-state index in [-0.39, 0.29) is 49.1 Å². The Labute approximate surface area is 268 Å². The zero-order chi connectivity index (χ0) is 26.9. The molecule has 38 heavy (non-hydrogen) atoms. The standard InChI is InChI=1S/C27H26Cl2IN3O4.Na.H/c1-15(20-10-9-18(29)12-21(20)31)33-25(16-5-7-17(28)8-6-16)27(37)32(11-3-2-4-24(35)36)22-13-19(30)14-23(34)26(22)33;;/h5-10,12-15,25-26H,2-4,11,31H2,1H3,(H,35,36);;/q;+1;-1. The normalized spacial score (nSPS) is 20.3. The summed E-state index contributed by atoms with van der Waals surface area (Å²) in [5.74, 6) is -1.21. The van der Waals surface area contributed by atoms with Crippen molar-refractivity contribution < 1.29 is 50.5 Å². The summed E-state index contributed by atoms with van der Waals surface area (Å²) in [6.45, 7) is 2.23. The number of carbonyl (C=O) groups excluding carboxylic acids is 2. The van der Waals surface area contributed by atoms with E-state index in [9.17, 15) is 14.4 Å². The summed E-state index contributed by atoms with van der Waals surface area (Å²) in [5.41, 5.74) is 8.84. The number of hydrogen-bond acceptors (Lipinski definition) is 5. The number of amides is 1. The predicted molar refractivity (Wildman–Crippen MR) is 154 cm³/mol. The molecule has 2 aromatic carbocycles. The van der Waals surface area contributed by atoms with Crippen LogP contribution in [0.3, 0.4) is 0 Å². The maximum Gasteiger partial charge on any atom is 1.00 e. The minimum atomic E-state index is -0.882. The van der Waals surface area contributed by atoms with Crippen LogP contribution in [0.25, 0.3) is 0 Å². The maximum absolute atomic E-state index is 14.2. The van der Waals surface area contributed by atoms with E-state index in [1.54, 1.807) is 47.4 Å². The Hall–Kier alpha value is -1.40. The number of nitrogen functional groups attached to an aromatic ring is 1. The van der Waals surface area contributed by atoms with Crippen LogP contribution in [0.5, 0.6) is 0 Å². The smallest absolute Gasteiger partial charge is 1.00 e. The number of aliphatic carboxylic acids is 1. The first-order valence-electron chi connectivity index (χ1n) is 11.8. The van der Waals surface area contributed by atoms with Gasteiger partial charge in [-0.15, -0.1) is 0 Å². The summed E-state index contributed by atoms with van der Waals surface area (Å²) in [6.07, 6.45) is 4.36. The number of fused-ring (bicyclic) bond motifs is 1. The van der Waals surface area contributed by atoms with Gasteiger partial charge in [0.1, 0.15) is 12.1 Å². The molecule has 1 aliphatic carbocycles. The number of piperazine rings is 1. The summed E-state index contributed by atoms with van der Waals surface area (Å²) >= 11 is 14.4. The molecule has 0 spiro atoms. The number of nitrogens with zero attached hydrogens (tertiary/aromatic N) is 2. The Morgan fingerprint density at radius 1 is 1.08 bits per heavy atom. The van der Waals surface area contributed by atoms with E-state index < -0.39 is 24.1 Å². The van der Waals surface area contributed by atoms with Gasteiger partial charge in [-0.05, 0) is 89.9 Å². The summed E-state index contributed by atoms with van der Waals surface area (Å²) in [4.78, 5) is 42.3. The molecule has 1 saturated heterocycles. The second-order valence-electron chi connectivity index (χ2n) is 9.09. The van der Waals surface area contributed by atoms with Gasteiger partial charge in [-0.3, -0.25) is 19.3 Å². The van der Waals surface area contributed by atoms with Crippen molar-refractivity contribution in [3.8, 4) is 0 Å². The van der Waals surface area contributed by atoms with E-state index in [1.807, 2.05) is 24.0 Å². The van der Waals surface area contributed by atoms with Gasteiger partial charge in [0.2, 0.25) is 5.91 Å². The van der Waals surface area contributed by atoms with Gasteiger partial charge >= 0.3 is 35.5 Å². The molecule has 1 aliphatic heterocycles. The largest absolute Gasteiger partial charge is 1.00 e. The van der Waals surface area contributed by atoms with Crippen molar-refractivity contribution in [1.29, 1.82) is 0 Å². The van der Waals surface area contributed by atoms with Gasteiger partial charge in [0.15, 0.2) is 5.78 Å².